The smallest absolute Gasteiger partial charge is 0.0758 e. The topological polar surface area (TPSA) is 44.3 Å². The summed E-state index contributed by atoms with van der Waals surface area (Å²) in [6, 6.07) is 0.381. The van der Waals surface area contributed by atoms with Crippen molar-refractivity contribution in [2.75, 3.05) is 13.1 Å². The van der Waals surface area contributed by atoms with Gasteiger partial charge in [-0.2, -0.15) is 0 Å². The molecule has 3 atom stereocenters. The van der Waals surface area contributed by atoms with Crippen LogP contribution in [0.1, 0.15) is 46.5 Å². The summed E-state index contributed by atoms with van der Waals surface area (Å²) in [5.74, 6) is 0.609. The van der Waals surface area contributed by atoms with Crippen LogP contribution in [0.5, 0.6) is 0 Å². The molecule has 0 bridgehead atoms. The van der Waals surface area contributed by atoms with Crippen LogP contribution in [0, 0.1) is 5.92 Å². The first kappa shape index (κ1) is 18.0. The lowest BCUT2D eigenvalue weighted by atomic mass is 9.88. The van der Waals surface area contributed by atoms with Crippen molar-refractivity contribution in [2.24, 2.45) is 5.92 Å². The highest BCUT2D eigenvalue weighted by atomic mass is 16.3. The van der Waals surface area contributed by atoms with Crippen molar-refractivity contribution < 1.29 is 5.11 Å². The van der Waals surface area contributed by atoms with Crippen LogP contribution in [-0.4, -0.2) is 30.3 Å². The lowest BCUT2D eigenvalue weighted by Crippen LogP contribution is -2.39. The molecule has 0 saturated carbocycles. The molecule has 0 aromatic carbocycles. The lowest BCUT2D eigenvalue weighted by molar-refractivity contribution is 0.234. The van der Waals surface area contributed by atoms with E-state index in [2.05, 4.69) is 43.2 Å². The van der Waals surface area contributed by atoms with Crippen LogP contribution in [0.25, 0.3) is 0 Å². The second kappa shape index (κ2) is 8.51. The highest BCUT2D eigenvalue weighted by Crippen LogP contribution is 2.27. The van der Waals surface area contributed by atoms with Gasteiger partial charge in [-0.3, -0.25) is 0 Å². The molecule has 0 aromatic rings. The standard InChI is InChI=1S/C20H32N2O/c1-5-6-14(2)20-11-17(12-21-15(20)3)13-22-19-9-7-18(8-10-19)16(4)23/h7-9,16-17,19,21-23H,3,5-6,10-13H2,1-2,4H3/b20-14-. The van der Waals surface area contributed by atoms with E-state index in [9.17, 15) is 5.11 Å². The minimum atomic E-state index is -0.366. The van der Waals surface area contributed by atoms with Gasteiger partial charge in [0.2, 0.25) is 0 Å². The molecule has 3 nitrogen and oxygen atoms in total. The van der Waals surface area contributed by atoms with Crippen molar-refractivity contribution in [1.29, 1.82) is 0 Å². The third kappa shape index (κ3) is 5.08. The van der Waals surface area contributed by atoms with Gasteiger partial charge >= 0.3 is 0 Å². The molecule has 0 radical (unpaired) electrons. The maximum Gasteiger partial charge on any atom is 0.0758 e. The number of aliphatic hydroxyl groups is 1. The van der Waals surface area contributed by atoms with Gasteiger partial charge in [-0.15, -0.1) is 0 Å². The minimum Gasteiger partial charge on any atom is -0.389 e. The summed E-state index contributed by atoms with van der Waals surface area (Å²) >= 11 is 0. The van der Waals surface area contributed by atoms with Crippen LogP contribution >= 0.6 is 0 Å². The average molecular weight is 316 g/mol. The quantitative estimate of drug-likeness (QED) is 0.703. The van der Waals surface area contributed by atoms with E-state index < -0.39 is 0 Å². The molecule has 0 aromatic heterocycles. The van der Waals surface area contributed by atoms with Crippen LogP contribution in [0.15, 0.2) is 47.2 Å². The molecule has 1 aliphatic carbocycles. The fourth-order valence-electron chi connectivity index (χ4n) is 3.38. The van der Waals surface area contributed by atoms with E-state index in [4.69, 9.17) is 0 Å². The highest BCUT2D eigenvalue weighted by Gasteiger charge is 2.21. The van der Waals surface area contributed by atoms with Gasteiger partial charge < -0.3 is 15.7 Å². The fourth-order valence-corrected chi connectivity index (χ4v) is 3.38. The Bertz CT molecular complexity index is 514. The van der Waals surface area contributed by atoms with Crippen molar-refractivity contribution in [3.8, 4) is 0 Å². The number of allylic oxidation sites excluding steroid dienone is 2. The Kier molecular flexibility index (Phi) is 6.67. The first-order valence-electron chi connectivity index (χ1n) is 8.92. The van der Waals surface area contributed by atoms with Crippen molar-refractivity contribution in [1.82, 2.24) is 10.6 Å². The largest absolute Gasteiger partial charge is 0.389 e. The normalized spacial score (nSPS) is 28.2. The van der Waals surface area contributed by atoms with Crippen LogP contribution in [-0.2, 0) is 0 Å². The van der Waals surface area contributed by atoms with Crippen molar-refractivity contribution in [2.45, 2.75) is 58.6 Å². The molecule has 2 aliphatic rings. The van der Waals surface area contributed by atoms with E-state index >= 15 is 0 Å². The first-order chi connectivity index (χ1) is 11.0. The molecule has 1 aliphatic heterocycles. The predicted molar refractivity (Wildman–Crippen MR) is 98.2 cm³/mol. The molecule has 128 valence electrons. The number of nitrogens with one attached hydrogen (secondary N) is 2. The molecule has 1 heterocycles. The molecule has 0 spiro atoms. The van der Waals surface area contributed by atoms with Crippen LogP contribution in [0.2, 0.25) is 0 Å². The monoisotopic (exact) mass is 316 g/mol. The first-order valence-corrected chi connectivity index (χ1v) is 8.92. The van der Waals surface area contributed by atoms with E-state index in [-0.39, 0.29) is 6.10 Å². The molecule has 3 N–H and O–H groups in total. The third-order valence-corrected chi connectivity index (χ3v) is 4.88. The van der Waals surface area contributed by atoms with Crippen LogP contribution in [0.4, 0.5) is 0 Å². The summed E-state index contributed by atoms with van der Waals surface area (Å²) in [4.78, 5) is 0. The van der Waals surface area contributed by atoms with Crippen LogP contribution < -0.4 is 10.6 Å². The average Bonchev–Trinajstić information content (AvgIpc) is 2.54. The van der Waals surface area contributed by atoms with Gasteiger partial charge in [0.05, 0.1) is 6.10 Å². The zero-order valence-electron chi connectivity index (χ0n) is 14.9. The fraction of sp³-hybridized carbons (Fsp3) is 0.600. The summed E-state index contributed by atoms with van der Waals surface area (Å²) < 4.78 is 0. The van der Waals surface area contributed by atoms with Gasteiger partial charge in [0.15, 0.2) is 0 Å². The van der Waals surface area contributed by atoms with Crippen molar-refractivity contribution in [3.63, 3.8) is 0 Å². The van der Waals surface area contributed by atoms with Gasteiger partial charge in [-0.05, 0) is 50.2 Å². The number of rotatable bonds is 6. The van der Waals surface area contributed by atoms with E-state index in [0.29, 0.717) is 12.0 Å². The zero-order valence-corrected chi connectivity index (χ0v) is 14.9. The molecule has 3 heteroatoms. The molecular weight excluding hydrogens is 284 g/mol. The Balaban J connectivity index is 1.84. The molecule has 2 rings (SSSR count). The summed E-state index contributed by atoms with van der Waals surface area (Å²) in [6.07, 6.45) is 10.4. The summed E-state index contributed by atoms with van der Waals surface area (Å²) in [5.41, 5.74) is 5.06. The minimum absolute atomic E-state index is 0.366. The number of piperidine rings is 1. The summed E-state index contributed by atoms with van der Waals surface area (Å²) in [5, 5.41) is 16.7. The van der Waals surface area contributed by atoms with Gasteiger partial charge in [-0.25, -0.2) is 0 Å². The lowest BCUT2D eigenvalue weighted by Gasteiger charge is -2.31. The Morgan fingerprint density at radius 1 is 1.52 bits per heavy atom. The molecule has 1 saturated heterocycles. The maximum absolute atomic E-state index is 9.59. The highest BCUT2D eigenvalue weighted by molar-refractivity contribution is 5.34. The number of hydrogen-bond acceptors (Lipinski definition) is 3. The van der Waals surface area contributed by atoms with Gasteiger partial charge in [0.1, 0.15) is 0 Å². The molecule has 0 amide bonds. The van der Waals surface area contributed by atoms with E-state index in [1.165, 1.54) is 17.6 Å². The molecule has 23 heavy (non-hydrogen) atoms. The number of aliphatic hydroxyl groups excluding tert-OH is 1. The van der Waals surface area contributed by atoms with Gasteiger partial charge in [-0.1, -0.05) is 43.7 Å². The third-order valence-electron chi connectivity index (χ3n) is 4.88. The van der Waals surface area contributed by atoms with Crippen molar-refractivity contribution in [3.05, 3.63) is 47.2 Å². The predicted octanol–water partition coefficient (Wildman–Crippen LogP) is 3.45. The van der Waals surface area contributed by atoms with Crippen molar-refractivity contribution >= 4 is 0 Å². The van der Waals surface area contributed by atoms with Crippen LogP contribution in [0.3, 0.4) is 0 Å². The number of hydrogen-bond donors (Lipinski definition) is 3. The Hall–Kier alpha value is -1.32. The summed E-state index contributed by atoms with van der Waals surface area (Å²) in [7, 11) is 0. The molecule has 1 fully saturated rings. The van der Waals surface area contributed by atoms with E-state index in [1.807, 2.05) is 13.0 Å². The van der Waals surface area contributed by atoms with E-state index in [1.54, 1.807) is 0 Å². The second-order valence-corrected chi connectivity index (χ2v) is 6.93. The van der Waals surface area contributed by atoms with E-state index in [0.717, 1.165) is 43.6 Å². The zero-order chi connectivity index (χ0) is 16.8. The SMILES string of the molecule is C=C1NCC(CNC2C=CC(C(C)O)=CC2)C/C1=C(\C)CCC. The second-order valence-electron chi connectivity index (χ2n) is 6.93. The maximum atomic E-state index is 9.59. The summed E-state index contributed by atoms with van der Waals surface area (Å²) in [6.45, 7) is 12.5. The van der Waals surface area contributed by atoms with Gasteiger partial charge in [0.25, 0.3) is 0 Å². The molecular formula is C20H32N2O. The Morgan fingerprint density at radius 3 is 2.91 bits per heavy atom. The Morgan fingerprint density at radius 2 is 2.30 bits per heavy atom. The Labute approximate surface area is 141 Å². The van der Waals surface area contributed by atoms with Gasteiger partial charge in [0, 0.05) is 24.8 Å². The molecule has 3 unspecified atom stereocenters.